The molecule has 1 amide bonds. The van der Waals surface area contributed by atoms with E-state index in [0.717, 1.165) is 30.2 Å². The molecule has 2 N–H and O–H groups in total. The lowest BCUT2D eigenvalue weighted by Gasteiger charge is -2.06. The quantitative estimate of drug-likeness (QED) is 0.660. The van der Waals surface area contributed by atoms with Crippen LogP contribution in [0.2, 0.25) is 0 Å². The molecular formula is C18H24N2O3. The van der Waals surface area contributed by atoms with Gasteiger partial charge in [-0.05, 0) is 12.1 Å². The number of carbonyl (C=O) groups is 1. The summed E-state index contributed by atoms with van der Waals surface area (Å²) in [6.07, 6.45) is 1.04. The van der Waals surface area contributed by atoms with Gasteiger partial charge in [0, 0.05) is 45.1 Å². The fourth-order valence-electron chi connectivity index (χ4n) is 2.18. The van der Waals surface area contributed by atoms with Gasteiger partial charge in [-0.1, -0.05) is 30.3 Å². The van der Waals surface area contributed by atoms with Crippen LogP contribution in [0.3, 0.4) is 0 Å². The highest BCUT2D eigenvalue weighted by molar-refractivity contribution is 5.76. The highest BCUT2D eigenvalue weighted by Gasteiger charge is 2.07. The number of amides is 1. The molecule has 0 fully saturated rings. The van der Waals surface area contributed by atoms with E-state index in [2.05, 4.69) is 10.6 Å². The summed E-state index contributed by atoms with van der Waals surface area (Å²) in [4.78, 5) is 11.8. The van der Waals surface area contributed by atoms with Crippen molar-refractivity contribution in [2.24, 2.45) is 0 Å². The van der Waals surface area contributed by atoms with Crippen molar-refractivity contribution in [1.82, 2.24) is 10.6 Å². The van der Waals surface area contributed by atoms with Crippen molar-refractivity contribution in [3.05, 3.63) is 48.2 Å². The van der Waals surface area contributed by atoms with Gasteiger partial charge < -0.3 is 19.8 Å². The maximum absolute atomic E-state index is 11.8. The normalized spacial score (nSPS) is 10.7. The minimum atomic E-state index is 0.0382. The van der Waals surface area contributed by atoms with Crippen LogP contribution in [0.25, 0.3) is 11.3 Å². The lowest BCUT2D eigenvalue weighted by atomic mass is 10.2. The Labute approximate surface area is 137 Å². The van der Waals surface area contributed by atoms with Gasteiger partial charge in [0.05, 0.1) is 6.61 Å². The highest BCUT2D eigenvalue weighted by atomic mass is 16.5. The van der Waals surface area contributed by atoms with Crippen LogP contribution in [0.1, 0.15) is 12.2 Å². The second-order valence-corrected chi connectivity index (χ2v) is 5.22. The van der Waals surface area contributed by atoms with Crippen molar-refractivity contribution in [1.29, 1.82) is 0 Å². The van der Waals surface area contributed by atoms with Crippen LogP contribution in [0, 0.1) is 0 Å². The predicted molar refractivity (Wildman–Crippen MR) is 90.2 cm³/mol. The first-order valence-electron chi connectivity index (χ1n) is 7.90. The zero-order valence-electron chi connectivity index (χ0n) is 13.5. The summed E-state index contributed by atoms with van der Waals surface area (Å²) in [6.45, 7) is 2.83. The van der Waals surface area contributed by atoms with E-state index in [4.69, 9.17) is 9.15 Å². The molecule has 0 bridgehead atoms. The third-order valence-electron chi connectivity index (χ3n) is 3.43. The molecule has 0 aliphatic heterocycles. The van der Waals surface area contributed by atoms with E-state index in [-0.39, 0.29) is 5.91 Å². The highest BCUT2D eigenvalue weighted by Crippen LogP contribution is 2.22. The topological polar surface area (TPSA) is 63.5 Å². The molecular weight excluding hydrogens is 292 g/mol. The van der Waals surface area contributed by atoms with Crippen molar-refractivity contribution < 1.29 is 13.9 Å². The maximum atomic E-state index is 11.8. The van der Waals surface area contributed by atoms with E-state index in [0.29, 0.717) is 26.0 Å². The molecule has 124 valence electrons. The maximum Gasteiger partial charge on any atom is 0.220 e. The Hall–Kier alpha value is -2.11. The van der Waals surface area contributed by atoms with Gasteiger partial charge in [0.2, 0.25) is 5.91 Å². The van der Waals surface area contributed by atoms with Crippen LogP contribution in [0.4, 0.5) is 0 Å². The standard InChI is InChI=1S/C18H24N2O3/c1-22-14-13-19-11-12-20-18(21)10-8-16-7-9-17(23-16)15-5-3-2-4-6-15/h2-7,9,19H,8,10-14H2,1H3,(H,20,21). The average Bonchev–Trinajstić information content (AvgIpc) is 3.06. The Morgan fingerprint density at radius 2 is 1.91 bits per heavy atom. The van der Waals surface area contributed by atoms with Gasteiger partial charge in [-0.2, -0.15) is 0 Å². The monoisotopic (exact) mass is 316 g/mol. The first-order valence-corrected chi connectivity index (χ1v) is 7.90. The predicted octanol–water partition coefficient (Wildman–Crippen LogP) is 2.23. The van der Waals surface area contributed by atoms with Crippen molar-refractivity contribution in [2.75, 3.05) is 33.4 Å². The SMILES string of the molecule is COCCNCCNC(=O)CCc1ccc(-c2ccccc2)o1. The molecule has 0 radical (unpaired) electrons. The molecule has 1 aromatic heterocycles. The fraction of sp³-hybridized carbons (Fsp3) is 0.389. The van der Waals surface area contributed by atoms with Crippen LogP contribution in [0.15, 0.2) is 46.9 Å². The Bertz CT molecular complexity index is 581. The number of aryl methyl sites for hydroxylation is 1. The molecule has 0 aliphatic rings. The zero-order chi connectivity index (χ0) is 16.3. The number of methoxy groups -OCH3 is 1. The third kappa shape index (κ3) is 6.26. The van der Waals surface area contributed by atoms with E-state index >= 15 is 0 Å². The summed E-state index contributed by atoms with van der Waals surface area (Å²) >= 11 is 0. The van der Waals surface area contributed by atoms with Crippen molar-refractivity contribution in [3.63, 3.8) is 0 Å². The van der Waals surface area contributed by atoms with E-state index in [9.17, 15) is 4.79 Å². The molecule has 0 spiro atoms. The first-order chi connectivity index (χ1) is 11.3. The van der Waals surface area contributed by atoms with E-state index < -0.39 is 0 Å². The number of rotatable bonds is 10. The van der Waals surface area contributed by atoms with E-state index in [1.54, 1.807) is 7.11 Å². The molecule has 23 heavy (non-hydrogen) atoms. The number of benzene rings is 1. The van der Waals surface area contributed by atoms with Crippen LogP contribution in [-0.4, -0.2) is 39.3 Å². The molecule has 5 nitrogen and oxygen atoms in total. The van der Waals surface area contributed by atoms with Crippen molar-refractivity contribution in [2.45, 2.75) is 12.8 Å². The number of hydrogen-bond donors (Lipinski definition) is 2. The van der Waals surface area contributed by atoms with Crippen LogP contribution < -0.4 is 10.6 Å². The van der Waals surface area contributed by atoms with Gasteiger partial charge in [-0.3, -0.25) is 4.79 Å². The van der Waals surface area contributed by atoms with Gasteiger partial charge in [0.15, 0.2) is 0 Å². The average molecular weight is 316 g/mol. The molecule has 1 aromatic carbocycles. The molecule has 0 aliphatic carbocycles. The Morgan fingerprint density at radius 3 is 2.70 bits per heavy atom. The molecule has 0 saturated heterocycles. The summed E-state index contributed by atoms with van der Waals surface area (Å²) in [7, 11) is 1.67. The first kappa shape index (κ1) is 17.2. The van der Waals surface area contributed by atoms with Crippen LogP contribution in [0.5, 0.6) is 0 Å². The van der Waals surface area contributed by atoms with Crippen molar-refractivity contribution >= 4 is 5.91 Å². The Morgan fingerprint density at radius 1 is 1.09 bits per heavy atom. The Kier molecular flexibility index (Phi) is 7.36. The lowest BCUT2D eigenvalue weighted by molar-refractivity contribution is -0.121. The van der Waals surface area contributed by atoms with Gasteiger partial charge in [0.25, 0.3) is 0 Å². The number of nitrogens with one attached hydrogen (secondary N) is 2. The third-order valence-corrected chi connectivity index (χ3v) is 3.43. The minimum Gasteiger partial charge on any atom is -0.461 e. The van der Waals surface area contributed by atoms with Crippen LogP contribution >= 0.6 is 0 Å². The number of carbonyl (C=O) groups excluding carboxylic acids is 1. The second-order valence-electron chi connectivity index (χ2n) is 5.22. The van der Waals surface area contributed by atoms with E-state index in [1.807, 2.05) is 42.5 Å². The number of ether oxygens (including phenoxy) is 1. The molecule has 2 rings (SSSR count). The molecule has 0 atom stereocenters. The summed E-state index contributed by atoms with van der Waals surface area (Å²) in [6, 6.07) is 13.8. The van der Waals surface area contributed by atoms with Gasteiger partial charge in [-0.25, -0.2) is 0 Å². The smallest absolute Gasteiger partial charge is 0.220 e. The fourth-order valence-corrected chi connectivity index (χ4v) is 2.18. The summed E-state index contributed by atoms with van der Waals surface area (Å²) in [5.74, 6) is 1.71. The summed E-state index contributed by atoms with van der Waals surface area (Å²) in [5.41, 5.74) is 1.05. The van der Waals surface area contributed by atoms with Crippen molar-refractivity contribution in [3.8, 4) is 11.3 Å². The molecule has 5 heteroatoms. The molecule has 0 saturated carbocycles. The molecule has 0 unspecified atom stereocenters. The number of furan rings is 1. The minimum absolute atomic E-state index is 0.0382. The number of hydrogen-bond acceptors (Lipinski definition) is 4. The molecule has 2 aromatic rings. The molecule has 1 heterocycles. The van der Waals surface area contributed by atoms with Gasteiger partial charge in [-0.15, -0.1) is 0 Å². The Balaban J connectivity index is 1.66. The summed E-state index contributed by atoms with van der Waals surface area (Å²) < 4.78 is 10.7. The zero-order valence-corrected chi connectivity index (χ0v) is 13.5. The largest absolute Gasteiger partial charge is 0.461 e. The van der Waals surface area contributed by atoms with Gasteiger partial charge in [0.1, 0.15) is 11.5 Å². The van der Waals surface area contributed by atoms with E-state index in [1.165, 1.54) is 0 Å². The van der Waals surface area contributed by atoms with Gasteiger partial charge >= 0.3 is 0 Å². The van der Waals surface area contributed by atoms with Crippen LogP contribution in [-0.2, 0) is 16.0 Å². The second kappa shape index (κ2) is 9.82. The summed E-state index contributed by atoms with van der Waals surface area (Å²) in [5, 5.41) is 6.06. The lowest BCUT2D eigenvalue weighted by Crippen LogP contribution is -2.33.